The average Bonchev–Trinajstić information content (AvgIpc) is 2.44. The van der Waals surface area contributed by atoms with Crippen LogP contribution in [0.3, 0.4) is 0 Å². The second kappa shape index (κ2) is 7.22. The Hall–Kier alpha value is -2.64. The minimum absolute atomic E-state index is 0.00848. The van der Waals surface area contributed by atoms with Gasteiger partial charge in [-0.1, -0.05) is 0 Å². The highest BCUT2D eigenvalue weighted by Crippen LogP contribution is 2.27. The third-order valence-corrected chi connectivity index (χ3v) is 2.81. The number of nitrogens with one attached hydrogen (secondary N) is 1. The van der Waals surface area contributed by atoms with Crippen molar-refractivity contribution in [1.29, 1.82) is 0 Å². The van der Waals surface area contributed by atoms with E-state index in [0.717, 1.165) is 0 Å². The molecule has 0 bridgehead atoms. The summed E-state index contributed by atoms with van der Waals surface area (Å²) in [5, 5.41) is 22.0. The number of carboxylic acids is 1. The van der Waals surface area contributed by atoms with Crippen LogP contribution in [-0.4, -0.2) is 35.1 Å². The van der Waals surface area contributed by atoms with Gasteiger partial charge in [0, 0.05) is 30.2 Å². The van der Waals surface area contributed by atoms with Crippen LogP contribution in [0.15, 0.2) is 18.2 Å². The van der Waals surface area contributed by atoms with Gasteiger partial charge in [-0.2, -0.15) is 0 Å². The van der Waals surface area contributed by atoms with Crippen molar-refractivity contribution in [1.82, 2.24) is 5.32 Å². The summed E-state index contributed by atoms with van der Waals surface area (Å²) in [4.78, 5) is 32.6. The first kappa shape index (κ1) is 16.4. The number of hydrogen-bond acceptors (Lipinski definition) is 5. The number of hydrogen-bond donors (Lipinski definition) is 2. The standard InChI is InChI=1S/C13H16N2O6/c1-8(3-6-12(16)17)14-13(18)9-4-5-10(15(19)20)11(7-9)21-2/h4-5,7-8H,3,6H2,1-2H3,(H,14,18)(H,16,17). The Morgan fingerprint density at radius 2 is 2.14 bits per heavy atom. The Labute approximate surface area is 120 Å². The Kier molecular flexibility index (Phi) is 5.65. The number of benzene rings is 1. The number of amides is 1. The van der Waals surface area contributed by atoms with Crippen LogP contribution >= 0.6 is 0 Å². The van der Waals surface area contributed by atoms with Crippen molar-refractivity contribution < 1.29 is 24.4 Å². The van der Waals surface area contributed by atoms with Crippen molar-refractivity contribution >= 4 is 17.6 Å². The molecule has 0 saturated heterocycles. The predicted octanol–water partition coefficient (Wildman–Crippen LogP) is 1.59. The number of methoxy groups -OCH3 is 1. The number of carbonyl (C=O) groups excluding carboxylic acids is 1. The molecular formula is C13H16N2O6. The number of nitrogens with zero attached hydrogens (tertiary/aromatic N) is 1. The Bertz CT molecular complexity index is 558. The Balaban J connectivity index is 2.79. The maximum Gasteiger partial charge on any atom is 0.310 e. The number of carboxylic acid groups (broad SMARTS) is 1. The summed E-state index contributed by atoms with van der Waals surface area (Å²) < 4.78 is 4.88. The molecule has 0 saturated carbocycles. The number of carbonyl (C=O) groups is 2. The normalized spacial score (nSPS) is 11.5. The summed E-state index contributed by atoms with van der Waals surface area (Å²) in [5.74, 6) is -1.39. The molecule has 0 fully saturated rings. The van der Waals surface area contributed by atoms with Crippen molar-refractivity contribution in [3.8, 4) is 5.75 Å². The SMILES string of the molecule is COc1cc(C(=O)NC(C)CCC(=O)O)ccc1[N+](=O)[O-]. The van der Waals surface area contributed by atoms with E-state index in [2.05, 4.69) is 5.32 Å². The fraction of sp³-hybridized carbons (Fsp3) is 0.385. The predicted molar refractivity (Wildman–Crippen MR) is 73.4 cm³/mol. The number of aliphatic carboxylic acids is 1. The fourth-order valence-electron chi connectivity index (χ4n) is 1.69. The molecule has 0 aliphatic heterocycles. The summed E-state index contributed by atoms with van der Waals surface area (Å²) >= 11 is 0. The number of ether oxygens (including phenoxy) is 1. The maximum absolute atomic E-state index is 12.0. The van der Waals surface area contributed by atoms with Gasteiger partial charge in [0.05, 0.1) is 12.0 Å². The lowest BCUT2D eigenvalue weighted by Gasteiger charge is -2.13. The summed E-state index contributed by atoms with van der Waals surface area (Å²) in [6, 6.07) is 3.46. The van der Waals surface area contributed by atoms with Crippen molar-refractivity contribution in [3.05, 3.63) is 33.9 Å². The molecule has 1 amide bonds. The van der Waals surface area contributed by atoms with E-state index in [-0.39, 0.29) is 29.5 Å². The molecule has 0 radical (unpaired) electrons. The quantitative estimate of drug-likeness (QED) is 0.582. The fourth-order valence-corrected chi connectivity index (χ4v) is 1.69. The van der Waals surface area contributed by atoms with Gasteiger partial charge in [0.25, 0.3) is 5.91 Å². The zero-order valence-corrected chi connectivity index (χ0v) is 11.7. The van der Waals surface area contributed by atoms with Gasteiger partial charge in [-0.3, -0.25) is 19.7 Å². The molecule has 0 spiro atoms. The molecular weight excluding hydrogens is 280 g/mol. The zero-order chi connectivity index (χ0) is 16.0. The largest absolute Gasteiger partial charge is 0.490 e. The molecule has 0 heterocycles. The lowest BCUT2D eigenvalue weighted by molar-refractivity contribution is -0.385. The highest BCUT2D eigenvalue weighted by atomic mass is 16.6. The van der Waals surface area contributed by atoms with Crippen LogP contribution in [0.5, 0.6) is 5.75 Å². The van der Waals surface area contributed by atoms with Crippen molar-refractivity contribution in [2.75, 3.05) is 7.11 Å². The highest BCUT2D eigenvalue weighted by Gasteiger charge is 2.18. The minimum Gasteiger partial charge on any atom is -0.490 e. The van der Waals surface area contributed by atoms with Gasteiger partial charge < -0.3 is 15.2 Å². The molecule has 1 aromatic rings. The molecule has 0 aromatic heterocycles. The van der Waals surface area contributed by atoms with Crippen molar-refractivity contribution in [3.63, 3.8) is 0 Å². The molecule has 2 N–H and O–H groups in total. The second-order valence-electron chi connectivity index (χ2n) is 4.45. The second-order valence-corrected chi connectivity index (χ2v) is 4.45. The van der Waals surface area contributed by atoms with Gasteiger partial charge in [-0.15, -0.1) is 0 Å². The first-order chi connectivity index (χ1) is 9.85. The van der Waals surface area contributed by atoms with Crippen LogP contribution in [0.1, 0.15) is 30.1 Å². The molecule has 8 heteroatoms. The molecule has 1 aromatic carbocycles. The van der Waals surface area contributed by atoms with E-state index in [4.69, 9.17) is 9.84 Å². The molecule has 114 valence electrons. The van der Waals surface area contributed by atoms with Crippen LogP contribution in [0.2, 0.25) is 0 Å². The highest BCUT2D eigenvalue weighted by molar-refractivity contribution is 5.95. The lowest BCUT2D eigenvalue weighted by Crippen LogP contribution is -2.32. The van der Waals surface area contributed by atoms with Crippen molar-refractivity contribution in [2.24, 2.45) is 0 Å². The topological polar surface area (TPSA) is 119 Å². The van der Waals surface area contributed by atoms with E-state index in [1.807, 2.05) is 0 Å². The van der Waals surface area contributed by atoms with Crippen LogP contribution in [0, 0.1) is 10.1 Å². The van der Waals surface area contributed by atoms with Crippen LogP contribution in [0.25, 0.3) is 0 Å². The first-order valence-electron chi connectivity index (χ1n) is 6.20. The molecule has 21 heavy (non-hydrogen) atoms. The van der Waals surface area contributed by atoms with Gasteiger partial charge >= 0.3 is 11.7 Å². The Morgan fingerprint density at radius 3 is 2.67 bits per heavy atom. The minimum atomic E-state index is -0.937. The smallest absolute Gasteiger partial charge is 0.310 e. The molecule has 1 atom stereocenters. The summed E-state index contributed by atoms with van der Waals surface area (Å²) in [5.41, 5.74) is -0.0207. The molecule has 0 aliphatic carbocycles. The van der Waals surface area contributed by atoms with Crippen LogP contribution < -0.4 is 10.1 Å². The lowest BCUT2D eigenvalue weighted by atomic mass is 10.1. The number of rotatable bonds is 7. The van der Waals surface area contributed by atoms with E-state index >= 15 is 0 Å². The third-order valence-electron chi connectivity index (χ3n) is 2.81. The third kappa shape index (κ3) is 4.75. The van der Waals surface area contributed by atoms with E-state index < -0.39 is 16.8 Å². The number of nitro benzene ring substituents is 1. The zero-order valence-electron chi connectivity index (χ0n) is 11.7. The van der Waals surface area contributed by atoms with Crippen molar-refractivity contribution in [2.45, 2.75) is 25.8 Å². The van der Waals surface area contributed by atoms with Crippen LogP contribution in [-0.2, 0) is 4.79 Å². The van der Waals surface area contributed by atoms with Crippen LogP contribution in [0.4, 0.5) is 5.69 Å². The number of nitro groups is 1. The summed E-state index contributed by atoms with van der Waals surface area (Å²) in [6.45, 7) is 1.68. The van der Waals surface area contributed by atoms with Gasteiger partial charge in [0.1, 0.15) is 0 Å². The summed E-state index contributed by atoms with van der Waals surface area (Å²) in [7, 11) is 1.28. The van der Waals surface area contributed by atoms with E-state index in [1.54, 1.807) is 6.92 Å². The van der Waals surface area contributed by atoms with E-state index in [1.165, 1.54) is 25.3 Å². The first-order valence-corrected chi connectivity index (χ1v) is 6.20. The molecule has 1 unspecified atom stereocenters. The molecule has 0 aliphatic rings. The summed E-state index contributed by atoms with van der Waals surface area (Å²) in [6.07, 6.45) is 0.246. The average molecular weight is 296 g/mol. The Morgan fingerprint density at radius 1 is 1.48 bits per heavy atom. The maximum atomic E-state index is 12.0. The van der Waals surface area contributed by atoms with Gasteiger partial charge in [0.2, 0.25) is 0 Å². The molecule has 1 rings (SSSR count). The van der Waals surface area contributed by atoms with E-state index in [9.17, 15) is 19.7 Å². The van der Waals surface area contributed by atoms with Gasteiger partial charge in [-0.05, 0) is 19.4 Å². The molecule has 8 nitrogen and oxygen atoms in total. The monoisotopic (exact) mass is 296 g/mol. The van der Waals surface area contributed by atoms with Gasteiger partial charge in [-0.25, -0.2) is 0 Å². The van der Waals surface area contributed by atoms with Gasteiger partial charge in [0.15, 0.2) is 5.75 Å². The van der Waals surface area contributed by atoms with E-state index in [0.29, 0.717) is 6.42 Å².